The molecule has 1 fully saturated rings. The van der Waals surface area contributed by atoms with Crippen LogP contribution in [0.4, 0.5) is 5.95 Å². The van der Waals surface area contributed by atoms with Gasteiger partial charge in [-0.15, -0.1) is 0 Å². The van der Waals surface area contributed by atoms with Crippen molar-refractivity contribution in [2.75, 3.05) is 38.6 Å². The molecule has 0 amide bonds. The number of guanidine groups is 1. The first-order chi connectivity index (χ1) is 17.9. The zero-order chi connectivity index (χ0) is 26.2. The first kappa shape index (κ1) is 25.8. The van der Waals surface area contributed by atoms with Gasteiger partial charge >= 0.3 is 11.4 Å². The molecule has 1 aliphatic rings. The van der Waals surface area contributed by atoms with E-state index in [1.54, 1.807) is 55.6 Å². The molecule has 2 heterocycles. The predicted molar refractivity (Wildman–Crippen MR) is 142 cm³/mol. The van der Waals surface area contributed by atoms with E-state index in [0.717, 1.165) is 41.6 Å². The lowest BCUT2D eigenvalue weighted by Crippen LogP contribution is -2.43. The number of aliphatic imine (C=N–C) groups is 1. The summed E-state index contributed by atoms with van der Waals surface area (Å²) in [7, 11) is 1.57. The Morgan fingerprint density at radius 2 is 1.62 bits per heavy atom. The number of likely N-dealkylation sites (tertiary alicyclic amines) is 1. The monoisotopic (exact) mass is 507 g/mol. The minimum atomic E-state index is -0.651. The van der Waals surface area contributed by atoms with Gasteiger partial charge in [0, 0.05) is 19.6 Å². The lowest BCUT2D eigenvalue weighted by molar-refractivity contribution is 0.338. The van der Waals surface area contributed by atoms with Crippen LogP contribution in [0, 0.1) is 0 Å². The SMILES string of the molecule is COc1ccc(Cn2c(=O)nc(NCCN=C(N)N3CCCCC3)n(Cc3ccc(O)cc3)c2=O)cc1. The maximum Gasteiger partial charge on any atom is 0.355 e. The minimum Gasteiger partial charge on any atom is -0.508 e. The normalized spacial score (nSPS) is 14.0. The molecule has 4 rings (SSSR count). The van der Waals surface area contributed by atoms with Crippen molar-refractivity contribution in [2.24, 2.45) is 10.7 Å². The van der Waals surface area contributed by atoms with Gasteiger partial charge in [-0.3, -0.25) is 9.56 Å². The summed E-state index contributed by atoms with van der Waals surface area (Å²) in [4.78, 5) is 37.0. The maximum atomic E-state index is 13.5. The van der Waals surface area contributed by atoms with Gasteiger partial charge in [-0.1, -0.05) is 24.3 Å². The van der Waals surface area contributed by atoms with Crippen LogP contribution in [-0.2, 0) is 13.1 Å². The summed E-state index contributed by atoms with van der Waals surface area (Å²) in [6.07, 6.45) is 3.42. The molecule has 196 valence electrons. The summed E-state index contributed by atoms with van der Waals surface area (Å²) < 4.78 is 7.69. The molecule has 37 heavy (non-hydrogen) atoms. The highest BCUT2D eigenvalue weighted by molar-refractivity contribution is 5.78. The topological polar surface area (TPSA) is 140 Å². The summed E-state index contributed by atoms with van der Waals surface area (Å²) in [5, 5.41) is 12.7. The molecule has 0 atom stereocenters. The van der Waals surface area contributed by atoms with Gasteiger partial charge in [0.05, 0.1) is 26.7 Å². The second-order valence-corrected chi connectivity index (χ2v) is 8.90. The third kappa shape index (κ3) is 6.69. The second-order valence-electron chi connectivity index (χ2n) is 8.90. The number of methoxy groups -OCH3 is 1. The van der Waals surface area contributed by atoms with Crippen LogP contribution in [0.25, 0.3) is 0 Å². The molecule has 2 aromatic carbocycles. The van der Waals surface area contributed by atoms with Gasteiger partial charge in [0.25, 0.3) is 0 Å². The van der Waals surface area contributed by atoms with Crippen molar-refractivity contribution in [3.63, 3.8) is 0 Å². The Kier molecular flexibility index (Phi) is 8.44. The van der Waals surface area contributed by atoms with E-state index in [1.165, 1.54) is 11.0 Å². The molecule has 1 aromatic heterocycles. The molecule has 0 aliphatic carbocycles. The molecule has 11 nitrogen and oxygen atoms in total. The van der Waals surface area contributed by atoms with Crippen molar-refractivity contribution in [2.45, 2.75) is 32.4 Å². The number of phenolic OH excluding ortho intramolecular Hbond substituents is 1. The largest absolute Gasteiger partial charge is 0.508 e. The highest BCUT2D eigenvalue weighted by atomic mass is 16.5. The fourth-order valence-corrected chi connectivity index (χ4v) is 4.20. The number of rotatable bonds is 9. The Bertz CT molecular complexity index is 1330. The number of aromatic hydroxyl groups is 1. The summed E-state index contributed by atoms with van der Waals surface area (Å²) in [5.41, 5.74) is 6.51. The number of hydrogen-bond acceptors (Lipinski definition) is 7. The number of piperidine rings is 1. The van der Waals surface area contributed by atoms with Gasteiger partial charge in [0.15, 0.2) is 5.96 Å². The molecular weight excluding hydrogens is 474 g/mol. The van der Waals surface area contributed by atoms with E-state index in [9.17, 15) is 14.7 Å². The van der Waals surface area contributed by atoms with Crippen LogP contribution < -0.4 is 27.2 Å². The standard InChI is InChI=1S/C26H33N7O4/c1-37-22-11-7-20(8-12-22)18-33-25(35)30-24(29-14-13-28-23(27)31-15-3-2-4-16-31)32(26(33)36)17-19-5-9-21(34)10-6-19/h5-12,34H,2-4,13-18H2,1H3,(H2,27,28)(H,29,30,35). The van der Waals surface area contributed by atoms with Crippen LogP contribution in [-0.4, -0.2) is 63.4 Å². The fourth-order valence-electron chi connectivity index (χ4n) is 4.20. The molecule has 0 saturated carbocycles. The number of nitrogens with zero attached hydrogens (tertiary/aromatic N) is 5. The quantitative estimate of drug-likeness (QED) is 0.225. The number of hydrogen-bond donors (Lipinski definition) is 3. The van der Waals surface area contributed by atoms with Gasteiger partial charge in [-0.2, -0.15) is 4.98 Å². The molecule has 0 radical (unpaired) electrons. The number of ether oxygens (including phenoxy) is 1. The fraction of sp³-hybridized carbons (Fsp3) is 0.385. The van der Waals surface area contributed by atoms with Gasteiger partial charge in [-0.25, -0.2) is 14.2 Å². The average molecular weight is 508 g/mol. The van der Waals surface area contributed by atoms with E-state index in [2.05, 4.69) is 20.2 Å². The summed E-state index contributed by atoms with van der Waals surface area (Å²) in [6, 6.07) is 13.7. The third-order valence-corrected chi connectivity index (χ3v) is 6.28. The Morgan fingerprint density at radius 3 is 2.27 bits per heavy atom. The minimum absolute atomic E-state index is 0.0706. The van der Waals surface area contributed by atoms with Crippen molar-refractivity contribution >= 4 is 11.9 Å². The van der Waals surface area contributed by atoms with E-state index < -0.39 is 11.4 Å². The van der Waals surface area contributed by atoms with E-state index in [0.29, 0.717) is 24.8 Å². The van der Waals surface area contributed by atoms with E-state index >= 15 is 0 Å². The van der Waals surface area contributed by atoms with E-state index in [-0.39, 0.29) is 24.8 Å². The predicted octanol–water partition coefficient (Wildman–Crippen LogP) is 1.43. The molecular formula is C26H33N7O4. The van der Waals surface area contributed by atoms with Gasteiger partial charge in [-0.05, 0) is 54.7 Å². The van der Waals surface area contributed by atoms with Crippen molar-refractivity contribution < 1.29 is 9.84 Å². The zero-order valence-electron chi connectivity index (χ0n) is 21.0. The number of nitrogens with one attached hydrogen (secondary N) is 1. The zero-order valence-corrected chi connectivity index (χ0v) is 21.0. The van der Waals surface area contributed by atoms with Crippen molar-refractivity contribution in [3.8, 4) is 11.5 Å². The Balaban J connectivity index is 1.57. The number of phenols is 1. The molecule has 0 unspecified atom stereocenters. The molecule has 0 spiro atoms. The van der Waals surface area contributed by atoms with Crippen LogP contribution in [0.1, 0.15) is 30.4 Å². The van der Waals surface area contributed by atoms with E-state index in [1.807, 2.05) is 0 Å². The molecule has 4 N–H and O–H groups in total. The van der Waals surface area contributed by atoms with Gasteiger partial charge in [0.2, 0.25) is 5.95 Å². The van der Waals surface area contributed by atoms with Crippen LogP contribution in [0.3, 0.4) is 0 Å². The highest BCUT2D eigenvalue weighted by Crippen LogP contribution is 2.13. The molecule has 0 bridgehead atoms. The Hall–Kier alpha value is -4.28. The van der Waals surface area contributed by atoms with Crippen LogP contribution in [0.2, 0.25) is 0 Å². The lowest BCUT2D eigenvalue weighted by atomic mass is 10.1. The molecule has 3 aromatic rings. The third-order valence-electron chi connectivity index (χ3n) is 6.28. The maximum absolute atomic E-state index is 13.5. The summed E-state index contributed by atoms with van der Waals surface area (Å²) in [6.45, 7) is 2.76. The Labute approximate surface area is 214 Å². The number of benzene rings is 2. The van der Waals surface area contributed by atoms with Crippen molar-refractivity contribution in [1.82, 2.24) is 19.0 Å². The number of aromatic nitrogens is 3. The van der Waals surface area contributed by atoms with Crippen LogP contribution in [0.15, 0.2) is 63.1 Å². The second kappa shape index (κ2) is 12.1. The number of anilines is 1. The molecule has 1 saturated heterocycles. The smallest absolute Gasteiger partial charge is 0.355 e. The molecule has 1 aliphatic heterocycles. The number of nitrogens with two attached hydrogens (primary N) is 1. The first-order valence-corrected chi connectivity index (χ1v) is 12.4. The van der Waals surface area contributed by atoms with E-state index in [4.69, 9.17) is 10.5 Å². The summed E-state index contributed by atoms with van der Waals surface area (Å²) >= 11 is 0. The van der Waals surface area contributed by atoms with Crippen molar-refractivity contribution in [1.29, 1.82) is 0 Å². The highest BCUT2D eigenvalue weighted by Gasteiger charge is 2.15. The summed E-state index contributed by atoms with van der Waals surface area (Å²) in [5.74, 6) is 1.47. The lowest BCUT2D eigenvalue weighted by Gasteiger charge is -2.27. The van der Waals surface area contributed by atoms with Crippen LogP contribution >= 0.6 is 0 Å². The van der Waals surface area contributed by atoms with Crippen molar-refractivity contribution in [3.05, 3.63) is 80.6 Å². The molecule has 11 heteroatoms. The van der Waals surface area contributed by atoms with Gasteiger partial charge < -0.3 is 25.8 Å². The van der Waals surface area contributed by atoms with Gasteiger partial charge in [0.1, 0.15) is 11.5 Å². The Morgan fingerprint density at radius 1 is 1.00 bits per heavy atom. The van der Waals surface area contributed by atoms with Crippen LogP contribution in [0.5, 0.6) is 11.5 Å². The average Bonchev–Trinajstić information content (AvgIpc) is 2.92. The first-order valence-electron chi connectivity index (χ1n) is 12.4.